The fourth-order valence-electron chi connectivity index (χ4n) is 1.11. The lowest BCUT2D eigenvalue weighted by atomic mass is 10.2. The zero-order chi connectivity index (χ0) is 9.68. The molecule has 0 atom stereocenters. The third-order valence-electron chi connectivity index (χ3n) is 1.75. The lowest BCUT2D eigenvalue weighted by molar-refractivity contribution is 0.112. The van der Waals surface area contributed by atoms with Gasteiger partial charge in [0.2, 0.25) is 0 Å². The van der Waals surface area contributed by atoms with Crippen molar-refractivity contribution in [1.29, 1.82) is 0 Å². The Hall–Kier alpha value is -1.57. The Morgan fingerprint density at radius 2 is 2.15 bits per heavy atom. The molecular formula is C11H12O2. The van der Waals surface area contributed by atoms with E-state index in [1.165, 1.54) is 6.26 Å². The van der Waals surface area contributed by atoms with E-state index in [0.717, 1.165) is 16.9 Å². The molecule has 0 N–H and O–H groups in total. The second-order valence-electron chi connectivity index (χ2n) is 2.57. The molecule has 1 heterocycles. The third-order valence-corrected chi connectivity index (χ3v) is 1.75. The van der Waals surface area contributed by atoms with Crippen LogP contribution < -0.4 is 10.6 Å². The number of hydrogen-bond donors (Lipinski definition) is 0. The second-order valence-corrected chi connectivity index (χ2v) is 2.57. The van der Waals surface area contributed by atoms with Crippen LogP contribution in [0.2, 0.25) is 0 Å². The molecule has 1 aromatic rings. The zero-order valence-corrected chi connectivity index (χ0v) is 7.78. The summed E-state index contributed by atoms with van der Waals surface area (Å²) in [6.07, 6.45) is 9.75. The summed E-state index contributed by atoms with van der Waals surface area (Å²) < 4.78 is 5.21. The van der Waals surface area contributed by atoms with E-state index < -0.39 is 0 Å². The van der Waals surface area contributed by atoms with Crippen molar-refractivity contribution in [2.75, 3.05) is 0 Å². The van der Waals surface area contributed by atoms with Crippen molar-refractivity contribution in [3.05, 3.63) is 34.6 Å². The van der Waals surface area contributed by atoms with Gasteiger partial charge in [0.25, 0.3) is 0 Å². The van der Waals surface area contributed by atoms with Crippen LogP contribution in [0.1, 0.15) is 24.2 Å². The molecule has 0 fully saturated rings. The van der Waals surface area contributed by atoms with E-state index in [1.54, 1.807) is 0 Å². The Balaban J connectivity index is 3.41. The van der Waals surface area contributed by atoms with Crippen LogP contribution in [0.25, 0.3) is 12.2 Å². The topological polar surface area (TPSA) is 30.2 Å². The fraction of sp³-hybridized carbons (Fsp3) is 0.182. The van der Waals surface area contributed by atoms with Crippen LogP contribution in [0.5, 0.6) is 0 Å². The maximum absolute atomic E-state index is 10.6. The molecule has 13 heavy (non-hydrogen) atoms. The van der Waals surface area contributed by atoms with E-state index in [2.05, 4.69) is 0 Å². The van der Waals surface area contributed by atoms with Crippen LogP contribution in [-0.4, -0.2) is 6.29 Å². The molecule has 0 aliphatic carbocycles. The van der Waals surface area contributed by atoms with Gasteiger partial charge in [0.05, 0.1) is 5.56 Å². The Bertz CT molecular complexity index is 421. The maximum Gasteiger partial charge on any atom is 0.153 e. The van der Waals surface area contributed by atoms with Crippen molar-refractivity contribution >= 4 is 18.4 Å². The molecule has 2 heteroatoms. The number of carbonyl (C=O) groups excluding carboxylic acids is 1. The van der Waals surface area contributed by atoms with E-state index in [1.807, 2.05) is 38.2 Å². The molecule has 1 rings (SSSR count). The highest BCUT2D eigenvalue weighted by atomic mass is 16.3. The van der Waals surface area contributed by atoms with Crippen LogP contribution in [-0.2, 0) is 0 Å². The average molecular weight is 176 g/mol. The molecule has 0 amide bonds. The predicted molar refractivity (Wildman–Crippen MR) is 52.8 cm³/mol. The van der Waals surface area contributed by atoms with Gasteiger partial charge in [0, 0.05) is 5.22 Å². The summed E-state index contributed by atoms with van der Waals surface area (Å²) in [6.45, 7) is 3.81. The zero-order valence-electron chi connectivity index (χ0n) is 7.78. The molecule has 0 aliphatic heterocycles. The number of furan rings is 1. The first-order valence-corrected chi connectivity index (χ1v) is 4.15. The van der Waals surface area contributed by atoms with Crippen molar-refractivity contribution in [2.24, 2.45) is 0 Å². The minimum atomic E-state index is 0.596. The van der Waals surface area contributed by atoms with Gasteiger partial charge >= 0.3 is 0 Å². The molecule has 0 aromatic carbocycles. The van der Waals surface area contributed by atoms with Crippen LogP contribution in [0, 0.1) is 0 Å². The van der Waals surface area contributed by atoms with Crippen LogP contribution in [0.4, 0.5) is 0 Å². The quantitative estimate of drug-likeness (QED) is 0.635. The number of allylic oxidation sites excluding steroid dienone is 2. The van der Waals surface area contributed by atoms with Crippen molar-refractivity contribution < 1.29 is 9.21 Å². The normalized spacial score (nSPS) is 14.3. The van der Waals surface area contributed by atoms with Crippen molar-refractivity contribution in [3.8, 4) is 0 Å². The highest BCUT2D eigenvalue weighted by Gasteiger charge is 1.96. The summed E-state index contributed by atoms with van der Waals surface area (Å²) >= 11 is 0. The summed E-state index contributed by atoms with van der Waals surface area (Å²) in [6, 6.07) is 0. The SMILES string of the molecule is C\C=C/C=c1/occ(C=O)/c1=C/C. The summed E-state index contributed by atoms with van der Waals surface area (Å²) in [5, 5.41) is 0.855. The van der Waals surface area contributed by atoms with Gasteiger partial charge in [-0.05, 0) is 19.9 Å². The van der Waals surface area contributed by atoms with Crippen LogP contribution >= 0.6 is 0 Å². The van der Waals surface area contributed by atoms with E-state index in [0.29, 0.717) is 5.56 Å². The first kappa shape index (κ1) is 9.52. The molecule has 0 bridgehead atoms. The van der Waals surface area contributed by atoms with Gasteiger partial charge in [0.15, 0.2) is 6.29 Å². The van der Waals surface area contributed by atoms with Crippen LogP contribution in [0.15, 0.2) is 22.8 Å². The molecule has 0 aliphatic rings. The van der Waals surface area contributed by atoms with Gasteiger partial charge in [0.1, 0.15) is 11.7 Å². The van der Waals surface area contributed by atoms with Crippen LogP contribution in [0.3, 0.4) is 0 Å². The van der Waals surface area contributed by atoms with Gasteiger partial charge < -0.3 is 4.42 Å². The maximum atomic E-state index is 10.6. The molecule has 0 saturated carbocycles. The Kier molecular flexibility index (Phi) is 3.26. The molecule has 1 aromatic heterocycles. The van der Waals surface area contributed by atoms with E-state index in [4.69, 9.17) is 4.42 Å². The van der Waals surface area contributed by atoms with Gasteiger partial charge in [-0.15, -0.1) is 0 Å². The standard InChI is InChI=1S/C11H12O2/c1-3-5-6-11-10(4-2)9(7-12)8-13-11/h3-8H,1-2H3/b5-3-,10-4-,11-6+. The van der Waals surface area contributed by atoms with Crippen molar-refractivity contribution in [3.63, 3.8) is 0 Å². The summed E-state index contributed by atoms with van der Waals surface area (Å²) in [5.41, 5.74) is 1.32. The summed E-state index contributed by atoms with van der Waals surface area (Å²) in [4.78, 5) is 10.6. The Morgan fingerprint density at radius 1 is 1.38 bits per heavy atom. The number of aldehydes is 1. The number of hydrogen-bond acceptors (Lipinski definition) is 2. The largest absolute Gasteiger partial charge is 0.464 e. The molecule has 0 spiro atoms. The van der Waals surface area contributed by atoms with Gasteiger partial charge in [-0.2, -0.15) is 0 Å². The fourth-order valence-corrected chi connectivity index (χ4v) is 1.11. The number of rotatable bonds is 2. The average Bonchev–Trinajstić information content (AvgIpc) is 2.56. The van der Waals surface area contributed by atoms with Crippen molar-refractivity contribution in [1.82, 2.24) is 0 Å². The summed E-state index contributed by atoms with van der Waals surface area (Å²) in [5.74, 6) is 0. The molecular weight excluding hydrogens is 164 g/mol. The first-order valence-electron chi connectivity index (χ1n) is 4.15. The van der Waals surface area contributed by atoms with Gasteiger partial charge in [-0.3, -0.25) is 4.79 Å². The Labute approximate surface area is 76.9 Å². The molecule has 0 saturated heterocycles. The number of carbonyl (C=O) groups is 1. The lowest BCUT2D eigenvalue weighted by Gasteiger charge is -1.77. The predicted octanol–water partition coefficient (Wildman–Crippen LogP) is 1.25. The minimum absolute atomic E-state index is 0.596. The van der Waals surface area contributed by atoms with E-state index in [9.17, 15) is 4.79 Å². The third kappa shape index (κ3) is 1.96. The molecule has 0 unspecified atom stereocenters. The monoisotopic (exact) mass is 176 g/mol. The summed E-state index contributed by atoms with van der Waals surface area (Å²) in [7, 11) is 0. The first-order chi connectivity index (χ1) is 6.33. The molecule has 68 valence electrons. The minimum Gasteiger partial charge on any atom is -0.464 e. The second kappa shape index (κ2) is 4.45. The molecule has 0 radical (unpaired) electrons. The highest BCUT2D eigenvalue weighted by molar-refractivity contribution is 5.75. The van der Waals surface area contributed by atoms with Crippen molar-refractivity contribution in [2.45, 2.75) is 13.8 Å². The highest BCUT2D eigenvalue weighted by Crippen LogP contribution is 1.83. The smallest absolute Gasteiger partial charge is 0.153 e. The van der Waals surface area contributed by atoms with Gasteiger partial charge in [-0.1, -0.05) is 18.2 Å². The van der Waals surface area contributed by atoms with Gasteiger partial charge in [-0.25, -0.2) is 0 Å². The molecule has 2 nitrogen and oxygen atoms in total. The lowest BCUT2D eigenvalue weighted by Crippen LogP contribution is -2.21. The van der Waals surface area contributed by atoms with E-state index in [-0.39, 0.29) is 0 Å². The van der Waals surface area contributed by atoms with E-state index >= 15 is 0 Å². The Morgan fingerprint density at radius 3 is 2.69 bits per heavy atom.